The Kier molecular flexibility index (Phi) is 14.3. The lowest BCUT2D eigenvalue weighted by molar-refractivity contribution is -0.143. The third-order valence-electron chi connectivity index (χ3n) is 12.6. The molecule has 1 fully saturated rings. The molecule has 5 aromatic rings. The summed E-state index contributed by atoms with van der Waals surface area (Å²) >= 11 is 6.64. The van der Waals surface area contributed by atoms with Crippen LogP contribution in [0.4, 0.5) is 54.5 Å². The Hall–Kier alpha value is -6.03. The van der Waals surface area contributed by atoms with Crippen molar-refractivity contribution in [2.75, 3.05) is 30.4 Å². The van der Waals surface area contributed by atoms with Crippen LogP contribution in [-0.4, -0.2) is 106 Å². The second kappa shape index (κ2) is 19.0. The summed E-state index contributed by atoms with van der Waals surface area (Å²) in [4.78, 5) is 44.7. The van der Waals surface area contributed by atoms with Gasteiger partial charge in [0.1, 0.15) is 30.4 Å². The lowest BCUT2D eigenvalue weighted by Crippen LogP contribution is -2.45. The highest BCUT2D eigenvalue weighted by Gasteiger charge is 2.68. The van der Waals surface area contributed by atoms with Crippen LogP contribution in [0.25, 0.3) is 22.0 Å². The fraction of sp³-hybridized carbons (Fsp3) is 0.455. The largest absolute Gasteiger partial charge is 0.481 e. The maximum atomic E-state index is 15.6. The molecule has 0 aliphatic heterocycles. The lowest BCUT2D eigenvalue weighted by Gasteiger charge is -2.25. The smallest absolute Gasteiger partial charge is 0.435 e. The molecule has 29 heteroatoms. The van der Waals surface area contributed by atoms with Crippen molar-refractivity contribution in [3.05, 3.63) is 93.0 Å². The molecule has 1 saturated carbocycles. The van der Waals surface area contributed by atoms with Gasteiger partial charge in [-0.3, -0.25) is 23.9 Å². The maximum Gasteiger partial charge on any atom is 0.435 e. The van der Waals surface area contributed by atoms with Gasteiger partial charge in [0.25, 0.3) is 5.92 Å². The van der Waals surface area contributed by atoms with Crippen LogP contribution in [0, 0.1) is 17.6 Å². The summed E-state index contributed by atoms with van der Waals surface area (Å²) in [5.74, 6) is -12.5. The zero-order valence-corrected chi connectivity index (χ0v) is 41.2. The summed E-state index contributed by atoms with van der Waals surface area (Å²) in [5.41, 5.74) is -5.42. The fourth-order valence-electron chi connectivity index (χ4n) is 8.72. The van der Waals surface area contributed by atoms with Gasteiger partial charge in [-0.25, -0.2) is 30.4 Å². The topological polar surface area (TPSA) is 207 Å². The van der Waals surface area contributed by atoms with Crippen LogP contribution in [-0.2, 0) is 67.5 Å². The number of hydrogen-bond acceptors (Lipinski definition) is 10. The quantitative estimate of drug-likeness (QED) is 0.0850. The molecule has 396 valence electrons. The molecule has 1 unspecified atom stereocenters. The molecule has 2 aromatic carbocycles. The highest BCUT2D eigenvalue weighted by molar-refractivity contribution is 7.93. The van der Waals surface area contributed by atoms with E-state index >= 15 is 8.78 Å². The van der Waals surface area contributed by atoms with Gasteiger partial charge < -0.3 is 15.3 Å². The molecule has 0 spiro atoms. The number of aryl methyl sites for hydroxylation is 1. The molecule has 7 rings (SSSR count). The number of benzene rings is 2. The second-order valence-corrected chi connectivity index (χ2v) is 23.4. The minimum Gasteiger partial charge on any atom is -0.481 e. The van der Waals surface area contributed by atoms with Crippen LogP contribution in [0.1, 0.15) is 79.0 Å². The average molecular weight is 1100 g/mol. The Balaban J connectivity index is 1.46. The molecule has 3 atom stereocenters. The SMILES string of the molecule is CN(CCC(=O)O)C(=O)N(c1nn(CC(F)(F)F)c2c(-c3ccc(CCC(C)(C)S(C)(=O)=O)nc3[C@H](Cc3cc(F)cc(F)c3)NC(=O)Cn3nc(C(F)(F)F)c4c3C(F)(F)C3C[C@H]43)ccc(Cl)c12)S(C)(=O)=O. The van der Waals surface area contributed by atoms with Crippen molar-refractivity contribution in [3.63, 3.8) is 0 Å². The zero-order valence-electron chi connectivity index (χ0n) is 38.8. The van der Waals surface area contributed by atoms with Gasteiger partial charge in [-0.05, 0) is 75.3 Å². The Morgan fingerprint density at radius 1 is 0.945 bits per heavy atom. The van der Waals surface area contributed by atoms with Crippen LogP contribution in [0.3, 0.4) is 0 Å². The molecule has 2 N–H and O–H groups in total. The van der Waals surface area contributed by atoms with Crippen LogP contribution >= 0.6 is 11.6 Å². The predicted octanol–water partition coefficient (Wildman–Crippen LogP) is 8.16. The molecule has 0 saturated heterocycles. The number of sulfonamides is 1. The summed E-state index contributed by atoms with van der Waals surface area (Å²) in [6.07, 6.45) is -10.9. The first-order valence-corrected chi connectivity index (χ1v) is 25.8. The number of anilines is 1. The number of carboxylic acids is 1. The van der Waals surface area contributed by atoms with E-state index in [0.717, 1.165) is 37.6 Å². The number of nitrogens with one attached hydrogen (secondary N) is 1. The van der Waals surface area contributed by atoms with E-state index in [-0.39, 0.29) is 55.3 Å². The Labute approximate surface area is 414 Å². The number of sulfone groups is 1. The fourth-order valence-corrected chi connectivity index (χ4v) is 10.3. The Morgan fingerprint density at radius 2 is 1.58 bits per heavy atom. The van der Waals surface area contributed by atoms with Crippen molar-refractivity contribution >= 4 is 66.1 Å². The summed E-state index contributed by atoms with van der Waals surface area (Å²) in [5, 5.41) is 17.9. The monoisotopic (exact) mass is 1100 g/mol. The molecule has 0 bridgehead atoms. The van der Waals surface area contributed by atoms with Crippen LogP contribution in [0.15, 0.2) is 42.5 Å². The van der Waals surface area contributed by atoms with Crippen molar-refractivity contribution < 1.29 is 80.2 Å². The van der Waals surface area contributed by atoms with E-state index in [1.807, 2.05) is 0 Å². The number of carbonyl (C=O) groups is 3. The van der Waals surface area contributed by atoms with E-state index in [2.05, 4.69) is 20.5 Å². The van der Waals surface area contributed by atoms with Crippen molar-refractivity contribution in [2.45, 2.75) is 94.0 Å². The highest BCUT2D eigenvalue weighted by Crippen LogP contribution is 2.68. The van der Waals surface area contributed by atoms with Gasteiger partial charge in [-0.2, -0.15) is 49.6 Å². The summed E-state index contributed by atoms with van der Waals surface area (Å²) in [7, 11) is -7.62. The van der Waals surface area contributed by atoms with Gasteiger partial charge in [-0.1, -0.05) is 23.7 Å². The number of aromatic nitrogens is 5. The molecule has 0 radical (unpaired) electrons. The molecular formula is C44H43ClF10N8O8S2. The summed E-state index contributed by atoms with van der Waals surface area (Å²) in [6.45, 7) is -1.09. The molecule has 3 heterocycles. The number of alkyl halides is 8. The lowest BCUT2D eigenvalue weighted by atomic mass is 9.93. The first-order valence-electron chi connectivity index (χ1n) is 21.7. The normalized spacial score (nSPS) is 17.0. The van der Waals surface area contributed by atoms with Gasteiger partial charge in [0.2, 0.25) is 15.9 Å². The van der Waals surface area contributed by atoms with Crippen molar-refractivity contribution in [3.8, 4) is 11.1 Å². The van der Waals surface area contributed by atoms with E-state index in [1.54, 1.807) is 0 Å². The molecule has 2 aliphatic carbocycles. The van der Waals surface area contributed by atoms with Gasteiger partial charge in [0.15, 0.2) is 21.3 Å². The van der Waals surface area contributed by atoms with E-state index in [9.17, 15) is 71.4 Å². The number of nitrogens with zero attached hydrogens (tertiary/aromatic N) is 7. The molecule has 73 heavy (non-hydrogen) atoms. The molecule has 3 aromatic heterocycles. The summed E-state index contributed by atoms with van der Waals surface area (Å²) in [6, 6.07) is 3.59. The summed E-state index contributed by atoms with van der Waals surface area (Å²) < 4.78 is 199. The second-order valence-electron chi connectivity index (χ2n) is 18.5. The number of rotatable bonds is 17. The number of carboxylic acid groups (broad SMARTS) is 1. The minimum absolute atomic E-state index is 0.00371. The van der Waals surface area contributed by atoms with E-state index in [1.165, 1.54) is 26.0 Å². The third-order valence-corrected chi connectivity index (χ3v) is 16.1. The minimum atomic E-state index is -5.22. The number of halogens is 11. The molecular weight excluding hydrogens is 1060 g/mol. The number of pyridine rings is 1. The van der Waals surface area contributed by atoms with Gasteiger partial charge >= 0.3 is 24.4 Å². The standard InChI is InChI=1S/C44H43ClF10N8O8S2/c1-41(2,72(4,68)69)12-10-24-6-7-25(26-8-9-29(45)34-36(26)62(20-42(48,49)50)59-39(34)63(73(5,70)71)40(67)60(3)13-11-32(65)66)35(56-24)30(16-21-14-22(46)17-23(47)15-21)57-31(64)19-61-38-33(37(58-61)44(53,54)55)27-18-28(27)43(38,51)52/h6-9,14-15,17,27-28,30H,10-13,16,18-20H2,1-5H3,(H,57,64)(H,65,66)/t27-,28?,30-/m0/s1. The number of urea groups is 1. The first kappa shape index (κ1) is 54.7. The van der Waals surface area contributed by atoms with Gasteiger partial charge in [0.05, 0.1) is 45.1 Å². The number of aliphatic carboxylic acids is 1. The Bertz CT molecular complexity index is 3270. The Morgan fingerprint density at radius 3 is 2.15 bits per heavy atom. The average Bonchev–Trinajstić information content (AvgIpc) is 3.76. The van der Waals surface area contributed by atoms with Crippen LogP contribution in [0.5, 0.6) is 0 Å². The highest BCUT2D eigenvalue weighted by atomic mass is 35.5. The van der Waals surface area contributed by atoms with Crippen molar-refractivity contribution in [1.29, 1.82) is 0 Å². The number of carbonyl (C=O) groups excluding carboxylic acids is 2. The molecule has 2 aliphatic rings. The van der Waals surface area contributed by atoms with E-state index in [0.29, 0.717) is 17.2 Å². The van der Waals surface area contributed by atoms with Crippen LogP contribution < -0.4 is 9.62 Å². The van der Waals surface area contributed by atoms with E-state index < -0.39 is 167 Å². The molecule has 3 amide bonds. The molecule has 16 nitrogen and oxygen atoms in total. The van der Waals surface area contributed by atoms with Gasteiger partial charge in [-0.15, -0.1) is 0 Å². The number of fused-ring (bicyclic) bond motifs is 4. The van der Waals surface area contributed by atoms with E-state index in [4.69, 9.17) is 11.6 Å². The number of amides is 3. The first-order chi connectivity index (χ1) is 33.5. The predicted molar refractivity (Wildman–Crippen MR) is 242 cm³/mol. The maximum absolute atomic E-state index is 15.6. The van der Waals surface area contributed by atoms with Crippen molar-refractivity contribution in [2.24, 2.45) is 5.92 Å². The third kappa shape index (κ3) is 11.2. The van der Waals surface area contributed by atoms with Crippen molar-refractivity contribution in [1.82, 2.24) is 34.8 Å². The zero-order chi connectivity index (χ0) is 54.3. The van der Waals surface area contributed by atoms with Crippen LogP contribution in [0.2, 0.25) is 5.02 Å². The van der Waals surface area contributed by atoms with Gasteiger partial charge in [0, 0.05) is 54.2 Å². The number of hydrogen-bond donors (Lipinski definition) is 2.